The van der Waals surface area contributed by atoms with Crippen LogP contribution in [0.1, 0.15) is 16.5 Å². The van der Waals surface area contributed by atoms with Crippen LogP contribution in [0.3, 0.4) is 0 Å². The second-order valence-electron chi connectivity index (χ2n) is 3.87. The van der Waals surface area contributed by atoms with Crippen LogP contribution in [-0.2, 0) is 0 Å². The van der Waals surface area contributed by atoms with E-state index < -0.39 is 17.7 Å². The molecular formula is C13H12ClF2NOS. The van der Waals surface area contributed by atoms with Gasteiger partial charge in [-0.1, -0.05) is 11.6 Å². The summed E-state index contributed by atoms with van der Waals surface area (Å²) in [5.74, 6) is -1.15. The number of hydrogen-bond donors (Lipinski definition) is 1. The summed E-state index contributed by atoms with van der Waals surface area (Å²) in [6.45, 7) is 0. The Labute approximate surface area is 119 Å². The maximum Gasteiger partial charge on any atom is 0.134 e. The zero-order valence-electron chi connectivity index (χ0n) is 10.3. The minimum Gasteiger partial charge on any atom is -0.497 e. The lowest BCUT2D eigenvalue weighted by molar-refractivity contribution is 0.403. The molecule has 1 unspecified atom stereocenters. The summed E-state index contributed by atoms with van der Waals surface area (Å²) in [5, 5.41) is 2.90. The van der Waals surface area contributed by atoms with Gasteiger partial charge in [-0.3, -0.25) is 0 Å². The normalized spacial score (nSPS) is 12.5. The molecule has 0 aliphatic carbocycles. The van der Waals surface area contributed by atoms with Gasteiger partial charge in [0.25, 0.3) is 0 Å². The van der Waals surface area contributed by atoms with Gasteiger partial charge in [0.15, 0.2) is 0 Å². The largest absolute Gasteiger partial charge is 0.497 e. The molecule has 1 N–H and O–H groups in total. The zero-order valence-corrected chi connectivity index (χ0v) is 11.9. The van der Waals surface area contributed by atoms with Crippen molar-refractivity contribution < 1.29 is 13.5 Å². The Balaban J connectivity index is 2.49. The van der Waals surface area contributed by atoms with Crippen molar-refractivity contribution in [2.24, 2.45) is 0 Å². The molecule has 0 aliphatic heterocycles. The molecule has 0 spiro atoms. The summed E-state index contributed by atoms with van der Waals surface area (Å²) in [4.78, 5) is 0.746. The number of methoxy groups -OCH3 is 1. The lowest BCUT2D eigenvalue weighted by atomic mass is 10.0. The Morgan fingerprint density at radius 2 is 1.89 bits per heavy atom. The molecule has 0 saturated heterocycles. The van der Waals surface area contributed by atoms with Crippen molar-refractivity contribution in [2.45, 2.75) is 6.04 Å². The summed E-state index contributed by atoms with van der Waals surface area (Å²) in [6, 6.07) is 5.20. The quantitative estimate of drug-likeness (QED) is 0.922. The van der Waals surface area contributed by atoms with Gasteiger partial charge < -0.3 is 10.1 Å². The third kappa shape index (κ3) is 2.88. The standard InChI is InChI=1S/C13H12ClF2NOS/c1-17-13(10-3-4-11(14)19-10)12-8(15)5-7(18-2)6-9(12)16/h3-6,13,17H,1-2H3. The number of rotatable bonds is 4. The van der Waals surface area contributed by atoms with Crippen LogP contribution in [0, 0.1) is 11.6 Å². The molecule has 0 amide bonds. The van der Waals surface area contributed by atoms with Gasteiger partial charge in [-0.25, -0.2) is 8.78 Å². The second kappa shape index (κ2) is 5.86. The van der Waals surface area contributed by atoms with Crippen molar-refractivity contribution >= 4 is 22.9 Å². The summed E-state index contributed by atoms with van der Waals surface area (Å²) in [5.41, 5.74) is -0.0400. The van der Waals surface area contributed by atoms with Crippen LogP contribution < -0.4 is 10.1 Å². The number of hydrogen-bond acceptors (Lipinski definition) is 3. The highest BCUT2D eigenvalue weighted by Gasteiger charge is 2.23. The van der Waals surface area contributed by atoms with Crippen LogP contribution in [-0.4, -0.2) is 14.2 Å². The second-order valence-corrected chi connectivity index (χ2v) is 5.61. The molecule has 6 heteroatoms. The van der Waals surface area contributed by atoms with E-state index in [0.717, 1.165) is 17.0 Å². The minimum atomic E-state index is -0.652. The monoisotopic (exact) mass is 303 g/mol. The van der Waals surface area contributed by atoms with Gasteiger partial charge in [0.2, 0.25) is 0 Å². The number of ether oxygens (including phenoxy) is 1. The summed E-state index contributed by atoms with van der Waals surface area (Å²) >= 11 is 7.14. The molecule has 0 radical (unpaired) electrons. The average Bonchev–Trinajstić information content (AvgIpc) is 2.79. The molecule has 0 fully saturated rings. The predicted octanol–water partition coefficient (Wildman–Crippen LogP) is 4.00. The molecule has 1 aromatic heterocycles. The molecule has 0 aliphatic rings. The van der Waals surface area contributed by atoms with Crippen LogP contribution in [0.25, 0.3) is 0 Å². The topological polar surface area (TPSA) is 21.3 Å². The number of thiophene rings is 1. The first-order chi connectivity index (χ1) is 9.06. The molecule has 0 bridgehead atoms. The van der Waals surface area contributed by atoms with Crippen LogP contribution in [0.5, 0.6) is 5.75 Å². The molecule has 19 heavy (non-hydrogen) atoms. The first kappa shape index (κ1) is 14.2. The fourth-order valence-corrected chi connectivity index (χ4v) is 3.05. The Morgan fingerprint density at radius 3 is 2.32 bits per heavy atom. The van der Waals surface area contributed by atoms with E-state index in [1.807, 2.05) is 0 Å². The molecule has 102 valence electrons. The van der Waals surface area contributed by atoms with Gasteiger partial charge in [0, 0.05) is 22.6 Å². The molecule has 2 nitrogen and oxygen atoms in total. The highest BCUT2D eigenvalue weighted by atomic mass is 35.5. The average molecular weight is 304 g/mol. The molecular weight excluding hydrogens is 292 g/mol. The fourth-order valence-electron chi connectivity index (χ4n) is 1.87. The van der Waals surface area contributed by atoms with Gasteiger partial charge in [-0.2, -0.15) is 0 Å². The molecule has 2 rings (SSSR count). The summed E-state index contributed by atoms with van der Waals surface area (Å²) < 4.78 is 33.5. The van der Waals surface area contributed by atoms with Crippen molar-refractivity contribution in [3.63, 3.8) is 0 Å². The minimum absolute atomic E-state index is 0.0400. The van der Waals surface area contributed by atoms with E-state index in [0.29, 0.717) is 4.34 Å². The van der Waals surface area contributed by atoms with Crippen LogP contribution in [0.15, 0.2) is 24.3 Å². The predicted molar refractivity (Wildman–Crippen MR) is 73.1 cm³/mol. The summed E-state index contributed by atoms with van der Waals surface area (Å²) in [7, 11) is 3.00. The third-order valence-electron chi connectivity index (χ3n) is 2.74. The van der Waals surface area contributed by atoms with E-state index >= 15 is 0 Å². The van der Waals surface area contributed by atoms with Gasteiger partial charge >= 0.3 is 0 Å². The molecule has 1 heterocycles. The number of benzene rings is 1. The molecule has 1 atom stereocenters. The van der Waals surface area contributed by atoms with Crippen LogP contribution in [0.2, 0.25) is 4.34 Å². The maximum absolute atomic E-state index is 14.0. The van der Waals surface area contributed by atoms with Crippen molar-refractivity contribution in [3.05, 3.63) is 50.7 Å². The molecule has 2 aromatic rings. The smallest absolute Gasteiger partial charge is 0.134 e. The van der Waals surface area contributed by atoms with Gasteiger partial charge in [0.05, 0.1) is 17.5 Å². The third-order valence-corrected chi connectivity index (χ3v) is 4.04. The Morgan fingerprint density at radius 1 is 1.26 bits per heavy atom. The Hall–Kier alpha value is -1.17. The zero-order chi connectivity index (χ0) is 14.0. The van der Waals surface area contributed by atoms with Crippen molar-refractivity contribution in [1.29, 1.82) is 0 Å². The van der Waals surface area contributed by atoms with E-state index in [1.165, 1.54) is 18.4 Å². The SMILES string of the molecule is CNC(c1ccc(Cl)s1)c1c(F)cc(OC)cc1F. The van der Waals surface area contributed by atoms with Gasteiger partial charge in [-0.15, -0.1) is 11.3 Å². The van der Waals surface area contributed by atoms with Crippen molar-refractivity contribution in [2.75, 3.05) is 14.2 Å². The van der Waals surface area contributed by atoms with E-state index in [9.17, 15) is 8.78 Å². The van der Waals surface area contributed by atoms with E-state index in [1.54, 1.807) is 19.2 Å². The first-order valence-electron chi connectivity index (χ1n) is 5.52. The maximum atomic E-state index is 14.0. The van der Waals surface area contributed by atoms with E-state index in [-0.39, 0.29) is 11.3 Å². The lowest BCUT2D eigenvalue weighted by Gasteiger charge is -2.17. The molecule has 1 aromatic carbocycles. The number of nitrogens with one attached hydrogen (secondary N) is 1. The van der Waals surface area contributed by atoms with Crippen molar-refractivity contribution in [3.8, 4) is 5.75 Å². The molecule has 0 saturated carbocycles. The Bertz CT molecular complexity index is 565. The summed E-state index contributed by atoms with van der Waals surface area (Å²) in [6.07, 6.45) is 0. The van der Waals surface area contributed by atoms with Crippen LogP contribution >= 0.6 is 22.9 Å². The van der Waals surface area contributed by atoms with E-state index in [4.69, 9.17) is 16.3 Å². The number of halogens is 3. The lowest BCUT2D eigenvalue weighted by Crippen LogP contribution is -2.19. The fraction of sp³-hybridized carbons (Fsp3) is 0.231. The van der Waals surface area contributed by atoms with Gasteiger partial charge in [0.1, 0.15) is 17.4 Å². The van der Waals surface area contributed by atoms with Gasteiger partial charge in [-0.05, 0) is 19.2 Å². The Kier molecular flexibility index (Phi) is 4.39. The highest BCUT2D eigenvalue weighted by Crippen LogP contribution is 2.34. The van der Waals surface area contributed by atoms with Crippen LogP contribution in [0.4, 0.5) is 8.78 Å². The van der Waals surface area contributed by atoms with E-state index in [2.05, 4.69) is 5.32 Å². The highest BCUT2D eigenvalue weighted by molar-refractivity contribution is 7.16. The van der Waals surface area contributed by atoms with Crippen molar-refractivity contribution in [1.82, 2.24) is 5.32 Å². The first-order valence-corrected chi connectivity index (χ1v) is 6.71.